The molecule has 1 atom stereocenters. The standard InChI is InChI=1S/C14H22N2O/c1-11(2)13-3-4-14(15-9-13)16-7-5-12(10-16)6-8-17/h3-4,9,11-12,17H,5-8,10H2,1-2H3. The largest absolute Gasteiger partial charge is 0.396 e. The quantitative estimate of drug-likeness (QED) is 0.869. The summed E-state index contributed by atoms with van der Waals surface area (Å²) < 4.78 is 0. The van der Waals surface area contributed by atoms with Crippen molar-refractivity contribution in [2.45, 2.75) is 32.6 Å². The molecule has 1 unspecified atom stereocenters. The summed E-state index contributed by atoms with van der Waals surface area (Å²) in [7, 11) is 0. The number of hydrogen-bond donors (Lipinski definition) is 1. The number of rotatable bonds is 4. The summed E-state index contributed by atoms with van der Waals surface area (Å²) in [4.78, 5) is 6.86. The van der Waals surface area contributed by atoms with Crippen LogP contribution in [-0.4, -0.2) is 29.8 Å². The number of pyridine rings is 1. The van der Waals surface area contributed by atoms with Crippen molar-refractivity contribution in [2.24, 2.45) is 5.92 Å². The molecule has 1 aliphatic heterocycles. The summed E-state index contributed by atoms with van der Waals surface area (Å²) in [5.74, 6) is 2.25. The minimum Gasteiger partial charge on any atom is -0.396 e. The average molecular weight is 234 g/mol. The van der Waals surface area contributed by atoms with Crippen LogP contribution in [0, 0.1) is 5.92 Å². The number of aromatic nitrogens is 1. The number of aliphatic hydroxyl groups excluding tert-OH is 1. The molecule has 0 aliphatic carbocycles. The Bertz CT molecular complexity index is 348. The second-order valence-corrected chi connectivity index (χ2v) is 5.22. The highest BCUT2D eigenvalue weighted by atomic mass is 16.3. The van der Waals surface area contributed by atoms with Crippen LogP contribution in [0.5, 0.6) is 0 Å². The van der Waals surface area contributed by atoms with Gasteiger partial charge in [-0.2, -0.15) is 0 Å². The molecule has 1 N–H and O–H groups in total. The predicted octanol–water partition coefficient (Wildman–Crippen LogP) is 2.41. The molecule has 1 aromatic rings. The Hall–Kier alpha value is -1.09. The fourth-order valence-electron chi connectivity index (χ4n) is 2.39. The third-order valence-electron chi connectivity index (χ3n) is 3.58. The minimum absolute atomic E-state index is 0.304. The topological polar surface area (TPSA) is 36.4 Å². The van der Waals surface area contributed by atoms with Gasteiger partial charge in [-0.1, -0.05) is 19.9 Å². The van der Waals surface area contributed by atoms with E-state index in [1.165, 1.54) is 12.0 Å². The number of nitrogens with zero attached hydrogens (tertiary/aromatic N) is 2. The Morgan fingerprint density at radius 1 is 1.47 bits per heavy atom. The van der Waals surface area contributed by atoms with Crippen LogP contribution in [0.15, 0.2) is 18.3 Å². The molecule has 3 nitrogen and oxygen atoms in total. The molecule has 0 saturated carbocycles. The van der Waals surface area contributed by atoms with Crippen molar-refractivity contribution in [3.63, 3.8) is 0 Å². The molecule has 0 aromatic carbocycles. The minimum atomic E-state index is 0.304. The molecule has 1 aliphatic rings. The molecular formula is C14H22N2O. The van der Waals surface area contributed by atoms with Crippen molar-refractivity contribution in [1.82, 2.24) is 4.98 Å². The first-order valence-electron chi connectivity index (χ1n) is 6.52. The van der Waals surface area contributed by atoms with E-state index in [4.69, 9.17) is 5.11 Å². The molecule has 2 rings (SSSR count). The predicted molar refractivity (Wildman–Crippen MR) is 70.3 cm³/mol. The van der Waals surface area contributed by atoms with Crippen LogP contribution in [0.4, 0.5) is 5.82 Å². The van der Waals surface area contributed by atoms with Gasteiger partial charge in [0.15, 0.2) is 0 Å². The molecule has 1 aromatic heterocycles. The monoisotopic (exact) mass is 234 g/mol. The molecule has 94 valence electrons. The van der Waals surface area contributed by atoms with E-state index in [0.717, 1.165) is 25.3 Å². The fourth-order valence-corrected chi connectivity index (χ4v) is 2.39. The van der Waals surface area contributed by atoms with E-state index in [-0.39, 0.29) is 0 Å². The van der Waals surface area contributed by atoms with E-state index in [1.807, 2.05) is 6.20 Å². The fraction of sp³-hybridized carbons (Fsp3) is 0.643. The summed E-state index contributed by atoms with van der Waals surface area (Å²) in [6.45, 7) is 6.78. The highest BCUT2D eigenvalue weighted by Gasteiger charge is 2.22. The highest BCUT2D eigenvalue weighted by Crippen LogP contribution is 2.25. The van der Waals surface area contributed by atoms with Crippen molar-refractivity contribution in [2.75, 3.05) is 24.6 Å². The van der Waals surface area contributed by atoms with Gasteiger partial charge >= 0.3 is 0 Å². The summed E-state index contributed by atoms with van der Waals surface area (Å²) in [5.41, 5.74) is 1.29. The van der Waals surface area contributed by atoms with E-state index >= 15 is 0 Å². The van der Waals surface area contributed by atoms with Crippen molar-refractivity contribution >= 4 is 5.82 Å². The lowest BCUT2D eigenvalue weighted by atomic mass is 10.1. The first kappa shape index (κ1) is 12.4. The van der Waals surface area contributed by atoms with E-state index in [0.29, 0.717) is 18.4 Å². The van der Waals surface area contributed by atoms with E-state index in [2.05, 4.69) is 35.9 Å². The van der Waals surface area contributed by atoms with Crippen LogP contribution in [0.3, 0.4) is 0 Å². The van der Waals surface area contributed by atoms with Gasteiger partial charge in [0.05, 0.1) is 0 Å². The maximum atomic E-state index is 8.95. The van der Waals surface area contributed by atoms with Crippen LogP contribution >= 0.6 is 0 Å². The van der Waals surface area contributed by atoms with E-state index < -0.39 is 0 Å². The van der Waals surface area contributed by atoms with Gasteiger partial charge in [-0.05, 0) is 36.3 Å². The number of anilines is 1. The van der Waals surface area contributed by atoms with E-state index in [1.54, 1.807) is 0 Å². The Kier molecular flexibility index (Phi) is 4.00. The van der Waals surface area contributed by atoms with Gasteiger partial charge in [0.1, 0.15) is 5.82 Å². The van der Waals surface area contributed by atoms with Crippen molar-refractivity contribution in [3.05, 3.63) is 23.9 Å². The Balaban J connectivity index is 1.99. The molecule has 1 fully saturated rings. The molecule has 2 heterocycles. The molecule has 1 saturated heterocycles. The van der Waals surface area contributed by atoms with Gasteiger partial charge < -0.3 is 10.0 Å². The zero-order valence-electron chi connectivity index (χ0n) is 10.8. The molecule has 0 bridgehead atoms. The van der Waals surface area contributed by atoms with Crippen LogP contribution in [0.1, 0.15) is 38.2 Å². The van der Waals surface area contributed by atoms with Crippen LogP contribution in [-0.2, 0) is 0 Å². The van der Waals surface area contributed by atoms with Gasteiger partial charge in [-0.3, -0.25) is 0 Å². The Morgan fingerprint density at radius 3 is 2.88 bits per heavy atom. The highest BCUT2D eigenvalue weighted by molar-refractivity contribution is 5.40. The van der Waals surface area contributed by atoms with Crippen LogP contribution in [0.2, 0.25) is 0 Å². The maximum Gasteiger partial charge on any atom is 0.128 e. The van der Waals surface area contributed by atoms with Gasteiger partial charge in [0.25, 0.3) is 0 Å². The average Bonchev–Trinajstić information content (AvgIpc) is 2.78. The lowest BCUT2D eigenvalue weighted by Crippen LogP contribution is -2.21. The summed E-state index contributed by atoms with van der Waals surface area (Å²) in [6, 6.07) is 4.29. The third kappa shape index (κ3) is 2.97. The SMILES string of the molecule is CC(C)c1ccc(N2CCC(CCO)C2)nc1. The first-order chi connectivity index (χ1) is 8.20. The van der Waals surface area contributed by atoms with Crippen molar-refractivity contribution in [3.8, 4) is 0 Å². The second kappa shape index (κ2) is 5.50. The Labute approximate surface area is 103 Å². The van der Waals surface area contributed by atoms with Crippen LogP contribution < -0.4 is 4.90 Å². The smallest absolute Gasteiger partial charge is 0.128 e. The molecule has 17 heavy (non-hydrogen) atoms. The lowest BCUT2D eigenvalue weighted by Gasteiger charge is -2.18. The van der Waals surface area contributed by atoms with E-state index in [9.17, 15) is 0 Å². The summed E-state index contributed by atoms with van der Waals surface area (Å²) >= 11 is 0. The maximum absolute atomic E-state index is 8.95. The van der Waals surface area contributed by atoms with Gasteiger partial charge in [-0.25, -0.2) is 4.98 Å². The van der Waals surface area contributed by atoms with Crippen molar-refractivity contribution in [1.29, 1.82) is 0 Å². The second-order valence-electron chi connectivity index (χ2n) is 5.22. The summed E-state index contributed by atoms with van der Waals surface area (Å²) in [5, 5.41) is 8.95. The third-order valence-corrected chi connectivity index (χ3v) is 3.58. The zero-order chi connectivity index (χ0) is 12.3. The Morgan fingerprint density at radius 2 is 2.29 bits per heavy atom. The summed E-state index contributed by atoms with van der Waals surface area (Å²) in [6.07, 6.45) is 4.08. The van der Waals surface area contributed by atoms with Crippen LogP contribution in [0.25, 0.3) is 0 Å². The van der Waals surface area contributed by atoms with Gasteiger partial charge in [0, 0.05) is 25.9 Å². The first-order valence-corrected chi connectivity index (χ1v) is 6.52. The molecule has 0 radical (unpaired) electrons. The molecular weight excluding hydrogens is 212 g/mol. The lowest BCUT2D eigenvalue weighted by molar-refractivity contribution is 0.263. The zero-order valence-corrected chi connectivity index (χ0v) is 10.8. The molecule has 3 heteroatoms. The molecule has 0 spiro atoms. The molecule has 0 amide bonds. The number of hydrogen-bond acceptors (Lipinski definition) is 3. The van der Waals surface area contributed by atoms with Crippen molar-refractivity contribution < 1.29 is 5.11 Å². The van der Waals surface area contributed by atoms with Gasteiger partial charge in [0.2, 0.25) is 0 Å². The number of aliphatic hydroxyl groups is 1. The normalized spacial score (nSPS) is 20.2. The van der Waals surface area contributed by atoms with Gasteiger partial charge in [-0.15, -0.1) is 0 Å².